The van der Waals surface area contributed by atoms with Crippen molar-refractivity contribution in [3.05, 3.63) is 0 Å². The van der Waals surface area contributed by atoms with Crippen LogP contribution in [0.2, 0.25) is 0 Å². The maximum atomic E-state index is 12.2. The van der Waals surface area contributed by atoms with Gasteiger partial charge in [0, 0.05) is 38.8 Å². The van der Waals surface area contributed by atoms with Gasteiger partial charge in [-0.05, 0) is 38.5 Å². The van der Waals surface area contributed by atoms with Crippen molar-refractivity contribution in [1.29, 1.82) is 0 Å². The van der Waals surface area contributed by atoms with Gasteiger partial charge in [0.25, 0.3) is 0 Å². The number of nitrogens with one attached hydrogen (secondary N) is 4. The summed E-state index contributed by atoms with van der Waals surface area (Å²) in [6, 6.07) is -2.09. The molecule has 0 heterocycles. The van der Waals surface area contributed by atoms with Crippen molar-refractivity contribution in [1.82, 2.24) is 21.4 Å². The Morgan fingerprint density at radius 1 is 0.364 bits per heavy atom. The highest BCUT2D eigenvalue weighted by molar-refractivity contribution is 5.84. The number of carboxylic acids is 3. The van der Waals surface area contributed by atoms with Crippen LogP contribution in [0.1, 0.15) is 116 Å². The fraction of sp³-hybridized carbons (Fsp3) is 0.864. The molecule has 0 aromatic heterocycles. The number of unbranched alkanes of at least 4 members (excludes halogenated alkanes) is 10. The maximum absolute atomic E-state index is 12.2. The minimum Gasteiger partial charge on any atom is -0.481 e. The molecular weight excluding hydrogens is 871 g/mol. The third-order valence-corrected chi connectivity index (χ3v) is 9.72. The summed E-state index contributed by atoms with van der Waals surface area (Å²) in [5, 5.41) is 34.9. The first-order chi connectivity index (χ1) is 32.1. The van der Waals surface area contributed by atoms with Gasteiger partial charge in [-0.25, -0.2) is 10.2 Å². The van der Waals surface area contributed by atoms with E-state index in [0.29, 0.717) is 125 Å². The molecule has 0 radical (unpaired) electrons. The SMILES string of the molecule is NN[C@@H](CCCCNC(=O)CC[C@H](NC(=O)CCOCCOCCOCCOCCOCCOCCOCCOCCNC(=O)CCCCCCCCCCCCC(=O)O)C(=O)O)C(=O)O. The second-order valence-electron chi connectivity index (χ2n) is 15.3. The minimum atomic E-state index is -1.25. The van der Waals surface area contributed by atoms with Crippen LogP contribution >= 0.6 is 0 Å². The molecule has 0 aliphatic heterocycles. The molecule has 0 rings (SSSR count). The first-order valence-electron chi connectivity index (χ1n) is 23.6. The molecule has 22 heteroatoms. The second-order valence-corrected chi connectivity index (χ2v) is 15.3. The molecule has 0 bridgehead atoms. The van der Waals surface area contributed by atoms with Crippen molar-refractivity contribution >= 4 is 35.6 Å². The lowest BCUT2D eigenvalue weighted by molar-refractivity contribution is -0.142. The van der Waals surface area contributed by atoms with Crippen LogP contribution in [0, 0.1) is 0 Å². The summed E-state index contributed by atoms with van der Waals surface area (Å²) >= 11 is 0. The van der Waals surface area contributed by atoms with Gasteiger partial charge in [0.2, 0.25) is 17.7 Å². The molecule has 0 unspecified atom stereocenters. The molecule has 66 heavy (non-hydrogen) atoms. The van der Waals surface area contributed by atoms with E-state index in [4.69, 9.17) is 54.0 Å². The summed E-state index contributed by atoms with van der Waals surface area (Å²) in [6.07, 6.45) is 12.6. The zero-order chi connectivity index (χ0) is 48.6. The Morgan fingerprint density at radius 3 is 1.17 bits per heavy atom. The van der Waals surface area contributed by atoms with Crippen LogP contribution in [0.4, 0.5) is 0 Å². The van der Waals surface area contributed by atoms with Gasteiger partial charge in [-0.3, -0.25) is 29.8 Å². The third kappa shape index (κ3) is 45.6. The van der Waals surface area contributed by atoms with Crippen molar-refractivity contribution in [2.75, 3.05) is 119 Å². The first kappa shape index (κ1) is 62.4. The number of carboxylic acid groups (broad SMARTS) is 3. The number of hydrazine groups is 1. The zero-order valence-electron chi connectivity index (χ0n) is 39.2. The Morgan fingerprint density at radius 2 is 0.742 bits per heavy atom. The van der Waals surface area contributed by atoms with Gasteiger partial charge in [-0.15, -0.1) is 0 Å². The minimum absolute atomic E-state index is 0.0538. The summed E-state index contributed by atoms with van der Waals surface area (Å²) in [5.41, 5.74) is 2.20. The largest absolute Gasteiger partial charge is 0.481 e. The van der Waals surface area contributed by atoms with Gasteiger partial charge in [0.1, 0.15) is 12.1 Å². The monoisotopic (exact) mass is 954 g/mol. The van der Waals surface area contributed by atoms with Crippen LogP contribution in [-0.2, 0) is 66.7 Å². The molecule has 0 spiro atoms. The van der Waals surface area contributed by atoms with Crippen LogP contribution in [0.3, 0.4) is 0 Å². The molecule has 9 N–H and O–H groups in total. The molecule has 3 amide bonds. The molecule has 386 valence electrons. The van der Waals surface area contributed by atoms with Crippen LogP contribution in [0.25, 0.3) is 0 Å². The number of carbonyl (C=O) groups excluding carboxylic acids is 3. The summed E-state index contributed by atoms with van der Waals surface area (Å²) in [7, 11) is 0. The third-order valence-electron chi connectivity index (χ3n) is 9.72. The standard InChI is InChI=1S/C44H83N5O17/c45-49-38(44(57)58)13-11-12-19-46-40(51)17-16-37(43(55)56)48-41(52)18-21-59-23-25-61-27-29-63-31-33-65-35-36-66-34-32-64-30-28-62-26-24-60-22-20-47-39(50)14-9-7-5-3-1-2-4-6-8-10-15-42(53)54/h37-38,49H,1-36,45H2,(H,46,51)(H,47,50)(H,48,52)(H,53,54)(H,55,56)(H,57,58)/t37-,38-/m0/s1. The van der Waals surface area contributed by atoms with E-state index in [1.165, 1.54) is 25.7 Å². The smallest absolute Gasteiger partial charge is 0.326 e. The second kappa shape index (κ2) is 47.9. The van der Waals surface area contributed by atoms with Gasteiger partial charge in [-0.1, -0.05) is 51.4 Å². The quantitative estimate of drug-likeness (QED) is 0.0245. The van der Waals surface area contributed by atoms with Gasteiger partial charge in [-0.2, -0.15) is 0 Å². The lowest BCUT2D eigenvalue weighted by atomic mass is 10.1. The molecule has 22 nitrogen and oxygen atoms in total. The van der Waals surface area contributed by atoms with Gasteiger partial charge in [0.05, 0.1) is 106 Å². The van der Waals surface area contributed by atoms with Gasteiger partial charge in [0.15, 0.2) is 0 Å². The Bertz CT molecular complexity index is 1220. The number of carbonyl (C=O) groups is 6. The first-order valence-corrected chi connectivity index (χ1v) is 23.6. The lowest BCUT2D eigenvalue weighted by Crippen LogP contribution is -2.42. The number of ether oxygens (including phenoxy) is 8. The molecule has 0 aliphatic rings. The molecule has 0 saturated heterocycles. The number of hydrogen-bond acceptors (Lipinski definition) is 16. The highest BCUT2D eigenvalue weighted by Gasteiger charge is 2.21. The summed E-state index contributed by atoms with van der Waals surface area (Å²) in [5.74, 6) is 1.31. The number of hydrogen-bond donors (Lipinski definition) is 8. The molecule has 0 aliphatic carbocycles. The van der Waals surface area contributed by atoms with Crippen molar-refractivity contribution in [2.24, 2.45) is 5.84 Å². The molecular formula is C44H83N5O17. The van der Waals surface area contributed by atoms with E-state index in [1.54, 1.807) is 0 Å². The highest BCUT2D eigenvalue weighted by atomic mass is 16.6. The molecule has 0 saturated carbocycles. The number of amides is 3. The van der Waals surface area contributed by atoms with E-state index in [1.807, 2.05) is 0 Å². The molecule has 0 fully saturated rings. The Balaban J connectivity index is 3.41. The Hall–Kier alpha value is -3.58. The van der Waals surface area contributed by atoms with E-state index in [-0.39, 0.29) is 57.3 Å². The fourth-order valence-corrected chi connectivity index (χ4v) is 6.00. The normalized spacial score (nSPS) is 12.1. The number of rotatable bonds is 52. The summed E-state index contributed by atoms with van der Waals surface area (Å²) in [6.45, 7) is 6.86. The topological polar surface area (TPSA) is 311 Å². The Labute approximate surface area is 390 Å². The van der Waals surface area contributed by atoms with Crippen molar-refractivity contribution in [3.63, 3.8) is 0 Å². The van der Waals surface area contributed by atoms with E-state index in [2.05, 4.69) is 21.4 Å². The molecule has 2 atom stereocenters. The maximum Gasteiger partial charge on any atom is 0.326 e. The van der Waals surface area contributed by atoms with Gasteiger partial charge < -0.3 is 69.2 Å². The summed E-state index contributed by atoms with van der Waals surface area (Å²) < 4.78 is 43.7. The van der Waals surface area contributed by atoms with E-state index >= 15 is 0 Å². The predicted molar refractivity (Wildman–Crippen MR) is 242 cm³/mol. The van der Waals surface area contributed by atoms with E-state index in [9.17, 15) is 33.9 Å². The van der Waals surface area contributed by atoms with Crippen LogP contribution < -0.4 is 27.2 Å². The lowest BCUT2D eigenvalue weighted by Gasteiger charge is -2.15. The van der Waals surface area contributed by atoms with Crippen molar-refractivity contribution < 1.29 is 82.0 Å². The highest BCUT2D eigenvalue weighted by Crippen LogP contribution is 2.12. The number of nitrogens with two attached hydrogens (primary N) is 1. The zero-order valence-corrected chi connectivity index (χ0v) is 39.2. The van der Waals surface area contributed by atoms with E-state index < -0.39 is 35.9 Å². The van der Waals surface area contributed by atoms with Gasteiger partial charge >= 0.3 is 17.9 Å². The van der Waals surface area contributed by atoms with Crippen LogP contribution in [0.15, 0.2) is 0 Å². The molecule has 0 aromatic carbocycles. The average molecular weight is 954 g/mol. The number of aliphatic carboxylic acids is 3. The van der Waals surface area contributed by atoms with E-state index in [0.717, 1.165) is 38.5 Å². The van der Waals surface area contributed by atoms with Crippen molar-refractivity contribution in [3.8, 4) is 0 Å². The fourth-order valence-electron chi connectivity index (χ4n) is 6.00. The summed E-state index contributed by atoms with van der Waals surface area (Å²) in [4.78, 5) is 69.2. The predicted octanol–water partition coefficient (Wildman–Crippen LogP) is 1.94. The van der Waals surface area contributed by atoms with Crippen molar-refractivity contribution in [2.45, 2.75) is 128 Å². The molecule has 0 aromatic rings. The Kier molecular flexibility index (Phi) is 45.3. The van der Waals surface area contributed by atoms with Crippen LogP contribution in [-0.4, -0.2) is 182 Å². The average Bonchev–Trinajstić information content (AvgIpc) is 3.28. The van der Waals surface area contributed by atoms with Crippen LogP contribution in [0.5, 0.6) is 0 Å².